The number of esters is 1. The van der Waals surface area contributed by atoms with Gasteiger partial charge in [0.15, 0.2) is 0 Å². The van der Waals surface area contributed by atoms with E-state index < -0.39 is 35.9 Å². The highest BCUT2D eigenvalue weighted by atomic mass is 16.5. The highest BCUT2D eigenvalue weighted by molar-refractivity contribution is 5.90. The lowest BCUT2D eigenvalue weighted by Gasteiger charge is -2.22. The summed E-state index contributed by atoms with van der Waals surface area (Å²) in [5.74, 6) is -2.18. The SMILES string of the molecule is CCOC(=O)C(CCCCNC(=O)C(Cc1cnc[nH]1)NC(C)=O)NC(=O)C(Cc1cnc[nH]1)NC(C)=O. The first kappa shape index (κ1) is 30.0. The summed E-state index contributed by atoms with van der Waals surface area (Å²) in [4.78, 5) is 74.8. The zero-order valence-corrected chi connectivity index (χ0v) is 21.8. The number of nitrogens with one attached hydrogen (secondary N) is 6. The largest absolute Gasteiger partial charge is 0.464 e. The minimum atomic E-state index is -0.927. The van der Waals surface area contributed by atoms with Gasteiger partial charge in [-0.05, 0) is 26.2 Å². The number of aromatic amines is 2. The lowest BCUT2D eigenvalue weighted by molar-refractivity contribution is -0.148. The molecule has 0 aromatic carbocycles. The molecule has 0 bridgehead atoms. The molecular weight excluding hydrogens is 496 g/mol. The Morgan fingerprint density at radius 2 is 1.37 bits per heavy atom. The molecule has 2 aromatic heterocycles. The number of aromatic nitrogens is 4. The molecule has 0 aliphatic carbocycles. The number of nitrogens with zero attached hydrogens (tertiary/aromatic N) is 2. The fraction of sp³-hybridized carbons (Fsp3) is 0.542. The molecule has 0 radical (unpaired) electrons. The van der Waals surface area contributed by atoms with Crippen LogP contribution in [-0.4, -0.2) is 80.8 Å². The maximum atomic E-state index is 12.9. The molecule has 3 unspecified atom stereocenters. The first-order valence-corrected chi connectivity index (χ1v) is 12.4. The van der Waals surface area contributed by atoms with Crippen molar-refractivity contribution >= 4 is 29.6 Å². The lowest BCUT2D eigenvalue weighted by atomic mass is 10.1. The van der Waals surface area contributed by atoms with Gasteiger partial charge in [0.05, 0.1) is 19.3 Å². The number of unbranched alkanes of at least 4 members (excludes halogenated alkanes) is 1. The number of imidazole rings is 2. The van der Waals surface area contributed by atoms with Crippen LogP contribution in [0.1, 0.15) is 51.4 Å². The van der Waals surface area contributed by atoms with E-state index in [1.165, 1.54) is 26.5 Å². The third kappa shape index (κ3) is 10.8. The molecule has 4 amide bonds. The van der Waals surface area contributed by atoms with Gasteiger partial charge >= 0.3 is 5.97 Å². The fourth-order valence-electron chi connectivity index (χ4n) is 3.71. The molecule has 2 heterocycles. The van der Waals surface area contributed by atoms with Gasteiger partial charge in [0.1, 0.15) is 18.1 Å². The van der Waals surface area contributed by atoms with E-state index >= 15 is 0 Å². The summed E-state index contributed by atoms with van der Waals surface area (Å²) in [6.45, 7) is 4.75. The Labute approximate surface area is 220 Å². The third-order valence-corrected chi connectivity index (χ3v) is 5.45. The Morgan fingerprint density at radius 1 is 0.816 bits per heavy atom. The van der Waals surface area contributed by atoms with Gasteiger partial charge in [-0.2, -0.15) is 0 Å². The molecule has 14 nitrogen and oxygen atoms in total. The minimum absolute atomic E-state index is 0.144. The predicted octanol–water partition coefficient (Wildman–Crippen LogP) is -0.738. The molecule has 0 fully saturated rings. The first-order valence-electron chi connectivity index (χ1n) is 12.4. The topological polar surface area (TPSA) is 200 Å². The second kappa shape index (κ2) is 15.8. The van der Waals surface area contributed by atoms with E-state index in [9.17, 15) is 24.0 Å². The predicted molar refractivity (Wildman–Crippen MR) is 135 cm³/mol. The highest BCUT2D eigenvalue weighted by Gasteiger charge is 2.27. The number of carbonyl (C=O) groups excluding carboxylic acids is 5. The van der Waals surface area contributed by atoms with Crippen LogP contribution in [0.25, 0.3) is 0 Å². The van der Waals surface area contributed by atoms with Gasteiger partial charge in [0.25, 0.3) is 0 Å². The standard InChI is InChI=1S/C24H36N8O6/c1-4-38-24(37)19(32-23(36)21(31-16(3)34)10-18-12-26-14-29-18)7-5-6-8-27-22(35)20(30-15(2)33)9-17-11-25-13-28-17/h11-14,19-21H,4-10H2,1-3H3,(H,25,28)(H,26,29)(H,27,35)(H,30,33)(H,31,34)(H,32,36). The van der Waals surface area contributed by atoms with E-state index in [1.54, 1.807) is 19.3 Å². The van der Waals surface area contributed by atoms with Crippen molar-refractivity contribution in [3.8, 4) is 0 Å². The van der Waals surface area contributed by atoms with E-state index in [1.807, 2.05) is 0 Å². The summed E-state index contributed by atoms with van der Waals surface area (Å²) in [6, 6.07) is -2.60. The highest BCUT2D eigenvalue weighted by Crippen LogP contribution is 2.06. The van der Waals surface area contributed by atoms with Gasteiger partial charge in [0, 0.05) is 57.0 Å². The number of rotatable bonds is 16. The second-order valence-corrected chi connectivity index (χ2v) is 8.67. The van der Waals surface area contributed by atoms with Crippen molar-refractivity contribution < 1.29 is 28.7 Å². The van der Waals surface area contributed by atoms with Crippen LogP contribution < -0.4 is 21.3 Å². The Kier molecular flexibility index (Phi) is 12.5. The van der Waals surface area contributed by atoms with Crippen molar-refractivity contribution in [2.75, 3.05) is 13.2 Å². The van der Waals surface area contributed by atoms with Crippen LogP contribution in [0.4, 0.5) is 0 Å². The molecule has 38 heavy (non-hydrogen) atoms. The molecule has 0 spiro atoms. The van der Waals surface area contributed by atoms with Crippen molar-refractivity contribution in [3.05, 3.63) is 36.4 Å². The van der Waals surface area contributed by atoms with Crippen molar-refractivity contribution in [1.82, 2.24) is 41.2 Å². The van der Waals surface area contributed by atoms with E-state index in [-0.39, 0.29) is 37.7 Å². The Morgan fingerprint density at radius 3 is 1.84 bits per heavy atom. The molecule has 0 aliphatic rings. The van der Waals surface area contributed by atoms with Gasteiger partial charge < -0.3 is 36.0 Å². The molecule has 6 N–H and O–H groups in total. The van der Waals surface area contributed by atoms with Crippen LogP contribution in [-0.2, 0) is 41.6 Å². The Hall–Kier alpha value is -4.23. The fourth-order valence-corrected chi connectivity index (χ4v) is 3.71. The first-order chi connectivity index (χ1) is 18.2. The number of H-pyrrole nitrogens is 2. The third-order valence-electron chi connectivity index (χ3n) is 5.45. The monoisotopic (exact) mass is 532 g/mol. The van der Waals surface area contributed by atoms with Gasteiger partial charge in [0.2, 0.25) is 23.6 Å². The van der Waals surface area contributed by atoms with E-state index in [0.29, 0.717) is 30.8 Å². The normalized spacial score (nSPS) is 13.0. The summed E-state index contributed by atoms with van der Waals surface area (Å²) >= 11 is 0. The smallest absolute Gasteiger partial charge is 0.328 e. The van der Waals surface area contributed by atoms with Gasteiger partial charge in [-0.25, -0.2) is 14.8 Å². The van der Waals surface area contributed by atoms with Gasteiger partial charge in [-0.3, -0.25) is 19.2 Å². The van der Waals surface area contributed by atoms with Crippen LogP contribution in [0.15, 0.2) is 25.0 Å². The zero-order valence-electron chi connectivity index (χ0n) is 21.8. The van der Waals surface area contributed by atoms with E-state index in [2.05, 4.69) is 41.2 Å². The Balaban J connectivity index is 1.89. The van der Waals surface area contributed by atoms with Crippen molar-refractivity contribution in [1.29, 1.82) is 0 Å². The van der Waals surface area contributed by atoms with Crippen LogP contribution >= 0.6 is 0 Å². The molecule has 14 heteroatoms. The maximum absolute atomic E-state index is 12.9. The summed E-state index contributed by atoms with van der Waals surface area (Å²) in [6.07, 6.45) is 7.78. The average molecular weight is 533 g/mol. The molecule has 0 saturated carbocycles. The zero-order chi connectivity index (χ0) is 27.9. The Bertz CT molecular complexity index is 1040. The molecule has 3 atom stereocenters. The summed E-state index contributed by atoms with van der Waals surface area (Å²) in [7, 11) is 0. The molecule has 0 aliphatic heterocycles. The second-order valence-electron chi connectivity index (χ2n) is 8.67. The minimum Gasteiger partial charge on any atom is -0.464 e. The van der Waals surface area contributed by atoms with Gasteiger partial charge in [-0.15, -0.1) is 0 Å². The molecule has 0 saturated heterocycles. The van der Waals surface area contributed by atoms with Crippen molar-refractivity contribution in [2.24, 2.45) is 0 Å². The van der Waals surface area contributed by atoms with Crippen molar-refractivity contribution in [2.45, 2.75) is 71.0 Å². The summed E-state index contributed by atoms with van der Waals surface area (Å²) < 4.78 is 5.11. The molecule has 2 rings (SSSR count). The molecule has 208 valence electrons. The molecular formula is C24H36N8O6. The number of hydrogen-bond acceptors (Lipinski definition) is 8. The average Bonchev–Trinajstić information content (AvgIpc) is 3.56. The number of carbonyl (C=O) groups is 5. The quantitative estimate of drug-likeness (QED) is 0.120. The maximum Gasteiger partial charge on any atom is 0.328 e. The molecule has 2 aromatic rings. The number of ether oxygens (including phenoxy) is 1. The summed E-state index contributed by atoms with van der Waals surface area (Å²) in [5.41, 5.74) is 1.35. The van der Waals surface area contributed by atoms with E-state index in [4.69, 9.17) is 4.74 Å². The van der Waals surface area contributed by atoms with Crippen LogP contribution in [0, 0.1) is 0 Å². The number of amides is 4. The van der Waals surface area contributed by atoms with Crippen LogP contribution in [0.3, 0.4) is 0 Å². The summed E-state index contributed by atoms with van der Waals surface area (Å²) in [5, 5.41) is 10.7. The van der Waals surface area contributed by atoms with Crippen LogP contribution in [0.2, 0.25) is 0 Å². The van der Waals surface area contributed by atoms with Crippen molar-refractivity contribution in [3.63, 3.8) is 0 Å². The number of hydrogen-bond donors (Lipinski definition) is 6. The lowest BCUT2D eigenvalue weighted by Crippen LogP contribution is -2.52. The van der Waals surface area contributed by atoms with E-state index in [0.717, 1.165) is 0 Å². The van der Waals surface area contributed by atoms with Gasteiger partial charge in [-0.1, -0.05) is 0 Å². The van der Waals surface area contributed by atoms with Crippen LogP contribution in [0.5, 0.6) is 0 Å².